The number of amides is 2. The van der Waals surface area contributed by atoms with Gasteiger partial charge in [-0.2, -0.15) is 16.8 Å². The van der Waals surface area contributed by atoms with E-state index in [0.717, 1.165) is 16.7 Å². The fraction of sp³-hybridized carbons (Fsp3) is 0.353. The topological polar surface area (TPSA) is 184 Å². The van der Waals surface area contributed by atoms with Crippen LogP contribution in [0.3, 0.4) is 0 Å². The number of nitrogens with one attached hydrogen (secondary N) is 1. The molecule has 2 unspecified atom stereocenters. The molecule has 3 rings (SSSR count). The van der Waals surface area contributed by atoms with Crippen molar-refractivity contribution in [2.45, 2.75) is 23.6 Å². The summed E-state index contributed by atoms with van der Waals surface area (Å²) in [6, 6.07) is 5.83. The second-order valence-corrected chi connectivity index (χ2v) is 11.2. The lowest BCUT2D eigenvalue weighted by Gasteiger charge is -2.49. The summed E-state index contributed by atoms with van der Waals surface area (Å²) in [6.07, 6.45) is 0. The van der Waals surface area contributed by atoms with Crippen molar-refractivity contribution in [3.05, 3.63) is 47.4 Å². The standard InChI is InChI=1S/C17H18N2O10S3/c1-2-31(24,25)29-10-8-30-16-11(15(21)19(16)12(10)17(22)23)18-14(20)13(32(26,27)28)9-6-4-3-5-7-9/h3-7,11,13,16H,2,8H2,1H3,(H,18,20)(H,22,23)(H,26,27,28)/t11?,13?,16-/m1/s1. The number of hydrogen-bond donors (Lipinski definition) is 3. The molecule has 3 atom stereocenters. The lowest BCUT2D eigenvalue weighted by atomic mass is 10.0. The van der Waals surface area contributed by atoms with Crippen LogP contribution in [0.1, 0.15) is 17.7 Å². The first kappa shape index (κ1) is 24.0. The van der Waals surface area contributed by atoms with Gasteiger partial charge in [0.25, 0.3) is 16.0 Å². The first-order valence-corrected chi connectivity index (χ1v) is 13.1. The van der Waals surface area contributed by atoms with Crippen LogP contribution >= 0.6 is 11.8 Å². The van der Waals surface area contributed by atoms with Crippen LogP contribution in [0.25, 0.3) is 0 Å². The number of carboxylic acid groups (broad SMARTS) is 1. The van der Waals surface area contributed by atoms with Crippen LogP contribution < -0.4 is 5.32 Å². The monoisotopic (exact) mass is 506 g/mol. The van der Waals surface area contributed by atoms with E-state index >= 15 is 0 Å². The molecule has 1 aromatic carbocycles. The third-order valence-electron chi connectivity index (χ3n) is 4.65. The molecule has 174 valence electrons. The Morgan fingerprint density at radius 3 is 2.41 bits per heavy atom. The fourth-order valence-electron chi connectivity index (χ4n) is 3.18. The molecule has 2 heterocycles. The molecule has 0 spiro atoms. The SMILES string of the molecule is CCS(=O)(=O)OC1=C(C(=O)O)N2C(=O)C(NC(=O)C(c3ccccc3)S(=O)(=O)O)[C@H]2SC1. The number of benzene rings is 1. The van der Waals surface area contributed by atoms with E-state index < -0.39 is 71.9 Å². The summed E-state index contributed by atoms with van der Waals surface area (Å²) in [5.41, 5.74) is -0.699. The zero-order valence-electron chi connectivity index (χ0n) is 16.4. The first-order valence-electron chi connectivity index (χ1n) is 9.02. The molecular weight excluding hydrogens is 488 g/mol. The average Bonchev–Trinajstić information content (AvgIpc) is 2.71. The summed E-state index contributed by atoms with van der Waals surface area (Å²) in [5.74, 6) is -4.74. The van der Waals surface area contributed by atoms with Gasteiger partial charge in [-0.3, -0.25) is 19.0 Å². The molecule has 0 saturated carbocycles. The number of thioether (sulfide) groups is 1. The van der Waals surface area contributed by atoms with Gasteiger partial charge < -0.3 is 14.6 Å². The van der Waals surface area contributed by atoms with E-state index in [1.54, 1.807) is 6.07 Å². The van der Waals surface area contributed by atoms with Crippen molar-refractivity contribution in [1.29, 1.82) is 0 Å². The highest BCUT2D eigenvalue weighted by atomic mass is 32.2. The molecule has 32 heavy (non-hydrogen) atoms. The van der Waals surface area contributed by atoms with Crippen LogP contribution in [0.15, 0.2) is 41.8 Å². The zero-order chi connectivity index (χ0) is 23.8. The third-order valence-corrected chi connectivity index (χ3v) is 8.15. The molecule has 0 aromatic heterocycles. The van der Waals surface area contributed by atoms with Crippen LogP contribution in [0.4, 0.5) is 0 Å². The van der Waals surface area contributed by atoms with Gasteiger partial charge in [0.1, 0.15) is 11.4 Å². The summed E-state index contributed by atoms with van der Waals surface area (Å²) in [6.45, 7) is 1.30. The predicted octanol–water partition coefficient (Wildman–Crippen LogP) is -0.322. The molecule has 2 aliphatic heterocycles. The molecule has 0 radical (unpaired) electrons. The number of carbonyl (C=O) groups is 3. The van der Waals surface area contributed by atoms with Crippen LogP contribution in [0, 0.1) is 0 Å². The normalized spacial score (nSPS) is 21.9. The fourth-order valence-corrected chi connectivity index (χ4v) is 5.91. The van der Waals surface area contributed by atoms with Gasteiger partial charge in [0.05, 0.1) is 11.5 Å². The van der Waals surface area contributed by atoms with Gasteiger partial charge in [-0.1, -0.05) is 30.3 Å². The largest absolute Gasteiger partial charge is 0.476 e. The quantitative estimate of drug-likeness (QED) is 0.238. The van der Waals surface area contributed by atoms with Gasteiger partial charge in [-0.05, 0) is 12.5 Å². The molecule has 1 aromatic rings. The van der Waals surface area contributed by atoms with Crippen molar-refractivity contribution >= 4 is 49.8 Å². The van der Waals surface area contributed by atoms with E-state index in [1.165, 1.54) is 31.2 Å². The molecular formula is C17H18N2O10S3. The molecule has 15 heteroatoms. The minimum absolute atomic E-state index is 0.0287. The van der Waals surface area contributed by atoms with Crippen LogP contribution in [0.5, 0.6) is 0 Å². The summed E-state index contributed by atoms with van der Waals surface area (Å²) >= 11 is 0.930. The number of carboxylic acids is 1. The molecule has 3 N–H and O–H groups in total. The van der Waals surface area contributed by atoms with E-state index in [1.807, 2.05) is 0 Å². The molecule has 1 saturated heterocycles. The Labute approximate surface area is 187 Å². The van der Waals surface area contributed by atoms with E-state index in [9.17, 15) is 40.9 Å². The summed E-state index contributed by atoms with van der Waals surface area (Å²) in [5, 5.41) is 8.80. The molecule has 0 aliphatic carbocycles. The van der Waals surface area contributed by atoms with Gasteiger partial charge in [0, 0.05) is 0 Å². The van der Waals surface area contributed by atoms with Gasteiger partial charge in [0.2, 0.25) is 5.91 Å². The zero-order valence-corrected chi connectivity index (χ0v) is 18.8. The second-order valence-electron chi connectivity index (χ2n) is 6.71. The minimum Gasteiger partial charge on any atom is -0.476 e. The van der Waals surface area contributed by atoms with E-state index in [0.29, 0.717) is 0 Å². The predicted molar refractivity (Wildman–Crippen MR) is 111 cm³/mol. The maximum atomic E-state index is 12.7. The molecule has 1 fully saturated rings. The van der Waals surface area contributed by atoms with Crippen LogP contribution in [0.2, 0.25) is 0 Å². The summed E-state index contributed by atoms with van der Waals surface area (Å²) < 4.78 is 61.4. The lowest BCUT2D eigenvalue weighted by molar-refractivity contribution is -0.151. The van der Waals surface area contributed by atoms with Gasteiger partial charge >= 0.3 is 16.1 Å². The van der Waals surface area contributed by atoms with Gasteiger partial charge in [-0.15, -0.1) is 11.8 Å². The van der Waals surface area contributed by atoms with Gasteiger partial charge in [-0.25, -0.2) is 4.79 Å². The third kappa shape index (κ3) is 4.60. The highest BCUT2D eigenvalue weighted by Gasteiger charge is 2.56. The number of fused-ring (bicyclic) bond motifs is 1. The number of aliphatic carboxylic acids is 1. The van der Waals surface area contributed by atoms with Crippen molar-refractivity contribution in [2.24, 2.45) is 0 Å². The maximum absolute atomic E-state index is 12.7. The number of rotatable bonds is 8. The summed E-state index contributed by atoms with van der Waals surface area (Å²) in [4.78, 5) is 37.7. The Bertz CT molecular complexity index is 1190. The smallest absolute Gasteiger partial charge is 0.356 e. The number of nitrogens with zero attached hydrogens (tertiary/aromatic N) is 1. The highest BCUT2D eigenvalue weighted by Crippen LogP contribution is 2.41. The van der Waals surface area contributed by atoms with Crippen molar-refractivity contribution in [2.75, 3.05) is 11.5 Å². The van der Waals surface area contributed by atoms with E-state index in [4.69, 9.17) is 4.18 Å². The highest BCUT2D eigenvalue weighted by molar-refractivity contribution is 8.00. The Kier molecular flexibility index (Phi) is 6.55. The first-order chi connectivity index (χ1) is 14.9. The van der Waals surface area contributed by atoms with Crippen LogP contribution in [-0.4, -0.2) is 72.1 Å². The van der Waals surface area contributed by atoms with Crippen molar-refractivity contribution < 1.29 is 45.1 Å². The average molecular weight is 507 g/mol. The van der Waals surface area contributed by atoms with Crippen molar-refractivity contribution in [1.82, 2.24) is 10.2 Å². The second kappa shape index (κ2) is 8.73. The Morgan fingerprint density at radius 2 is 1.88 bits per heavy atom. The summed E-state index contributed by atoms with van der Waals surface area (Å²) in [7, 11) is -8.93. The van der Waals surface area contributed by atoms with E-state index in [2.05, 4.69) is 5.32 Å². The number of hydrogen-bond acceptors (Lipinski definition) is 9. The van der Waals surface area contributed by atoms with Crippen molar-refractivity contribution in [3.63, 3.8) is 0 Å². The Morgan fingerprint density at radius 1 is 1.25 bits per heavy atom. The Hall–Kier alpha value is -2.62. The molecule has 12 nitrogen and oxygen atoms in total. The molecule has 2 aliphatic rings. The minimum atomic E-state index is -4.88. The van der Waals surface area contributed by atoms with Crippen LogP contribution in [-0.2, 0) is 38.8 Å². The van der Waals surface area contributed by atoms with Crippen molar-refractivity contribution in [3.8, 4) is 0 Å². The number of β-lactam (4-membered cyclic amide) rings is 1. The molecule has 2 amide bonds. The maximum Gasteiger partial charge on any atom is 0.356 e. The molecule has 0 bridgehead atoms. The van der Waals surface area contributed by atoms with Gasteiger partial charge in [0.15, 0.2) is 16.7 Å². The lowest BCUT2D eigenvalue weighted by Crippen LogP contribution is -2.71. The Balaban J connectivity index is 1.85. The van der Waals surface area contributed by atoms with E-state index in [-0.39, 0.29) is 11.3 Å². The number of carbonyl (C=O) groups excluding carboxylic acids is 2.